The van der Waals surface area contributed by atoms with E-state index < -0.39 is 0 Å². The molecule has 3 aromatic rings. The first-order valence-electron chi connectivity index (χ1n) is 10.4. The van der Waals surface area contributed by atoms with Crippen molar-refractivity contribution in [3.63, 3.8) is 0 Å². The Kier molecular flexibility index (Phi) is 5.67. The molecule has 4 rings (SSSR count). The third-order valence-corrected chi connectivity index (χ3v) is 5.49. The highest BCUT2D eigenvalue weighted by atomic mass is 16.6. The predicted molar refractivity (Wildman–Crippen MR) is 118 cm³/mol. The van der Waals surface area contributed by atoms with E-state index in [1.165, 1.54) is 0 Å². The summed E-state index contributed by atoms with van der Waals surface area (Å²) in [6, 6.07) is 4.05. The first-order valence-corrected chi connectivity index (χ1v) is 10.4. The second-order valence-electron chi connectivity index (χ2n) is 8.11. The van der Waals surface area contributed by atoms with Crippen molar-refractivity contribution in [3.8, 4) is 17.0 Å². The second-order valence-corrected chi connectivity index (χ2v) is 8.11. The summed E-state index contributed by atoms with van der Waals surface area (Å²) in [4.78, 5) is 25.4. The first kappa shape index (κ1) is 20.9. The van der Waals surface area contributed by atoms with Crippen molar-refractivity contribution in [1.29, 1.82) is 0 Å². The van der Waals surface area contributed by atoms with Crippen molar-refractivity contribution < 1.29 is 14.3 Å². The number of amides is 1. The Labute approximate surface area is 181 Å². The molecule has 0 aliphatic carbocycles. The molecule has 1 aliphatic rings. The molecule has 1 saturated heterocycles. The molecule has 9 nitrogen and oxygen atoms in total. The van der Waals surface area contributed by atoms with Gasteiger partial charge in [-0.15, -0.1) is 0 Å². The summed E-state index contributed by atoms with van der Waals surface area (Å²) in [6.07, 6.45) is 5.90. The Bertz CT molecular complexity index is 1100. The molecule has 1 fully saturated rings. The van der Waals surface area contributed by atoms with Crippen LogP contribution in [0.15, 0.2) is 30.7 Å². The molecule has 1 aliphatic heterocycles. The molecule has 0 spiro atoms. The molecule has 9 heteroatoms. The Morgan fingerprint density at radius 3 is 2.84 bits per heavy atom. The molecule has 0 N–H and O–H groups in total. The van der Waals surface area contributed by atoms with Crippen LogP contribution in [-0.2, 0) is 4.74 Å². The van der Waals surface area contributed by atoms with E-state index in [2.05, 4.69) is 15.0 Å². The van der Waals surface area contributed by atoms with E-state index in [9.17, 15) is 4.79 Å². The van der Waals surface area contributed by atoms with Gasteiger partial charge in [0.2, 0.25) is 5.88 Å². The fraction of sp³-hybridized carbons (Fsp3) is 0.455. The smallest absolute Gasteiger partial charge is 0.410 e. The van der Waals surface area contributed by atoms with E-state index in [-0.39, 0.29) is 18.2 Å². The SMILES string of the molecule is COc1ncc(C)cc1-c1cnn2ccc(N3CC[C@H](N(C)C(=O)OC(C)C)C3)nc12. The minimum Gasteiger partial charge on any atom is -0.481 e. The van der Waals surface area contributed by atoms with Crippen LogP contribution in [0.4, 0.5) is 10.6 Å². The Hall–Kier alpha value is -3.36. The lowest BCUT2D eigenvalue weighted by atomic mass is 10.1. The van der Waals surface area contributed by atoms with E-state index in [0.29, 0.717) is 12.4 Å². The molecule has 3 aromatic heterocycles. The molecule has 4 heterocycles. The number of carbonyl (C=O) groups excluding carboxylic acids is 1. The first-order chi connectivity index (χ1) is 14.9. The van der Waals surface area contributed by atoms with Crippen LogP contribution in [0, 0.1) is 6.92 Å². The Balaban J connectivity index is 1.60. The maximum atomic E-state index is 12.3. The molecule has 1 amide bonds. The Morgan fingerprint density at radius 1 is 1.29 bits per heavy atom. The van der Waals surface area contributed by atoms with Gasteiger partial charge in [-0.1, -0.05) is 0 Å². The summed E-state index contributed by atoms with van der Waals surface area (Å²) in [5, 5.41) is 4.44. The number of nitrogens with zero attached hydrogens (tertiary/aromatic N) is 6. The topological polar surface area (TPSA) is 85.1 Å². The maximum absolute atomic E-state index is 12.3. The van der Waals surface area contributed by atoms with E-state index in [1.807, 2.05) is 39.1 Å². The monoisotopic (exact) mass is 424 g/mol. The summed E-state index contributed by atoms with van der Waals surface area (Å²) in [6.45, 7) is 7.21. The maximum Gasteiger partial charge on any atom is 0.410 e. The normalized spacial score (nSPS) is 16.2. The molecule has 0 saturated carbocycles. The quantitative estimate of drug-likeness (QED) is 0.622. The fourth-order valence-electron chi connectivity index (χ4n) is 3.84. The van der Waals surface area contributed by atoms with Crippen LogP contribution >= 0.6 is 0 Å². The average molecular weight is 425 g/mol. The van der Waals surface area contributed by atoms with Crippen LogP contribution in [0.3, 0.4) is 0 Å². The van der Waals surface area contributed by atoms with Crippen molar-refractivity contribution in [1.82, 2.24) is 24.5 Å². The summed E-state index contributed by atoms with van der Waals surface area (Å²) < 4.78 is 12.5. The van der Waals surface area contributed by atoms with Gasteiger partial charge in [0.1, 0.15) is 5.82 Å². The van der Waals surface area contributed by atoms with Crippen molar-refractivity contribution in [2.45, 2.75) is 39.3 Å². The molecule has 1 atom stereocenters. The Morgan fingerprint density at radius 2 is 2.10 bits per heavy atom. The van der Waals surface area contributed by atoms with Gasteiger partial charge in [0, 0.05) is 38.1 Å². The van der Waals surface area contributed by atoms with Crippen LogP contribution in [0.1, 0.15) is 25.8 Å². The van der Waals surface area contributed by atoms with Gasteiger partial charge in [-0.25, -0.2) is 19.3 Å². The third-order valence-electron chi connectivity index (χ3n) is 5.49. The molecule has 31 heavy (non-hydrogen) atoms. The number of rotatable bonds is 5. The van der Waals surface area contributed by atoms with Gasteiger partial charge in [0.05, 0.1) is 31.0 Å². The number of aryl methyl sites for hydroxylation is 1. The summed E-state index contributed by atoms with van der Waals surface area (Å²) in [7, 11) is 3.40. The summed E-state index contributed by atoms with van der Waals surface area (Å²) in [5.74, 6) is 1.39. The highest BCUT2D eigenvalue weighted by Crippen LogP contribution is 2.32. The fourth-order valence-corrected chi connectivity index (χ4v) is 3.84. The van der Waals surface area contributed by atoms with Gasteiger partial charge >= 0.3 is 6.09 Å². The number of methoxy groups -OCH3 is 1. The number of likely N-dealkylation sites (N-methyl/N-ethyl adjacent to an activating group) is 1. The summed E-state index contributed by atoms with van der Waals surface area (Å²) in [5.41, 5.74) is 3.49. The third kappa shape index (κ3) is 4.12. The lowest BCUT2D eigenvalue weighted by molar-refractivity contribution is 0.0748. The van der Waals surface area contributed by atoms with Gasteiger partial charge < -0.3 is 19.3 Å². The molecule has 0 radical (unpaired) electrons. The number of aromatic nitrogens is 4. The van der Waals surface area contributed by atoms with E-state index in [0.717, 1.165) is 41.1 Å². The van der Waals surface area contributed by atoms with Crippen molar-refractivity contribution in [2.24, 2.45) is 0 Å². The van der Waals surface area contributed by atoms with Crippen molar-refractivity contribution in [3.05, 3.63) is 36.3 Å². The molecule has 0 unspecified atom stereocenters. The van der Waals surface area contributed by atoms with Crippen LogP contribution in [0.5, 0.6) is 5.88 Å². The molecule has 164 valence electrons. The molecule has 0 aromatic carbocycles. The van der Waals surface area contributed by atoms with Crippen molar-refractivity contribution >= 4 is 17.6 Å². The largest absolute Gasteiger partial charge is 0.481 e. The minimum atomic E-state index is -0.289. The van der Waals surface area contributed by atoms with Crippen LogP contribution < -0.4 is 9.64 Å². The van der Waals surface area contributed by atoms with Gasteiger partial charge in [-0.3, -0.25) is 0 Å². The van der Waals surface area contributed by atoms with Crippen molar-refractivity contribution in [2.75, 3.05) is 32.1 Å². The lowest BCUT2D eigenvalue weighted by Crippen LogP contribution is -2.40. The van der Waals surface area contributed by atoms with Gasteiger partial charge in [-0.05, 0) is 44.9 Å². The van der Waals surface area contributed by atoms with Crippen LogP contribution in [-0.4, -0.2) is 70.0 Å². The highest BCUT2D eigenvalue weighted by molar-refractivity contribution is 5.81. The predicted octanol–water partition coefficient (Wildman–Crippen LogP) is 3.16. The van der Waals surface area contributed by atoms with Crippen LogP contribution in [0.25, 0.3) is 16.8 Å². The number of pyridine rings is 1. The van der Waals surface area contributed by atoms with Crippen LogP contribution in [0.2, 0.25) is 0 Å². The molecular weight excluding hydrogens is 396 g/mol. The zero-order valence-corrected chi connectivity index (χ0v) is 18.6. The van der Waals surface area contributed by atoms with Gasteiger partial charge in [-0.2, -0.15) is 5.10 Å². The number of hydrogen-bond acceptors (Lipinski definition) is 7. The van der Waals surface area contributed by atoms with Gasteiger partial charge in [0.25, 0.3) is 0 Å². The lowest BCUT2D eigenvalue weighted by Gasteiger charge is -2.25. The molecular formula is C22H28N6O3. The number of hydrogen-bond donors (Lipinski definition) is 0. The number of ether oxygens (including phenoxy) is 2. The highest BCUT2D eigenvalue weighted by Gasteiger charge is 2.30. The summed E-state index contributed by atoms with van der Waals surface area (Å²) >= 11 is 0. The van der Waals surface area contributed by atoms with Gasteiger partial charge in [0.15, 0.2) is 5.65 Å². The number of anilines is 1. The van der Waals surface area contributed by atoms with E-state index in [4.69, 9.17) is 14.5 Å². The standard InChI is InChI=1S/C22H28N6O3/c1-14(2)31-22(29)26(4)16-6-8-27(13-16)19-7-9-28-20(25-19)18(12-24-28)17-10-15(3)11-23-21(17)30-5/h7,9-12,14,16H,6,8,13H2,1-5H3/t16-/m0/s1. The number of carbonyl (C=O) groups is 1. The second kappa shape index (κ2) is 8.41. The molecule has 0 bridgehead atoms. The van der Waals surface area contributed by atoms with E-state index in [1.54, 1.807) is 36.0 Å². The number of fused-ring (bicyclic) bond motifs is 1. The zero-order valence-electron chi connectivity index (χ0n) is 18.6. The zero-order chi connectivity index (χ0) is 22.1. The average Bonchev–Trinajstić information content (AvgIpc) is 3.39. The van der Waals surface area contributed by atoms with E-state index >= 15 is 0 Å². The minimum absolute atomic E-state index is 0.0784.